The van der Waals surface area contributed by atoms with Gasteiger partial charge in [0.15, 0.2) is 11.5 Å². The Morgan fingerprint density at radius 2 is 1.91 bits per heavy atom. The summed E-state index contributed by atoms with van der Waals surface area (Å²) in [5, 5.41) is 11.3. The fourth-order valence-corrected chi connectivity index (χ4v) is 2.17. The summed E-state index contributed by atoms with van der Waals surface area (Å²) in [7, 11) is 1.50. The summed E-state index contributed by atoms with van der Waals surface area (Å²) < 4.78 is 11.0. The fourth-order valence-electron chi connectivity index (χ4n) is 1.84. The number of hydrogen-bond donors (Lipinski definition) is 0. The van der Waals surface area contributed by atoms with Crippen molar-refractivity contribution in [2.75, 3.05) is 7.11 Å². The molecule has 0 spiro atoms. The van der Waals surface area contributed by atoms with Gasteiger partial charge in [0.2, 0.25) is 6.20 Å². The minimum Gasteiger partial charge on any atom is -0.493 e. The quantitative estimate of drug-likeness (QED) is 0.551. The van der Waals surface area contributed by atoms with Crippen LogP contribution in [0.15, 0.2) is 42.6 Å². The number of hydrogen-bond acceptors (Lipinski definition) is 4. The molecular weight excluding hydrogens is 341 g/mol. The molecule has 23 heavy (non-hydrogen) atoms. The van der Waals surface area contributed by atoms with Gasteiger partial charge in [-0.1, -0.05) is 35.3 Å². The monoisotopic (exact) mass is 353 g/mol. The molecule has 0 atom stereocenters. The number of rotatable bonds is 6. The van der Waals surface area contributed by atoms with Gasteiger partial charge in [0, 0.05) is 6.08 Å². The maximum absolute atomic E-state index is 10.3. The summed E-state index contributed by atoms with van der Waals surface area (Å²) in [5.41, 5.74) is 1.50. The molecule has 0 saturated carbocycles. The van der Waals surface area contributed by atoms with Gasteiger partial charge in [0.25, 0.3) is 0 Å². The van der Waals surface area contributed by atoms with Crippen molar-refractivity contribution in [1.29, 1.82) is 0 Å². The van der Waals surface area contributed by atoms with Crippen molar-refractivity contribution in [1.82, 2.24) is 0 Å². The van der Waals surface area contributed by atoms with Gasteiger partial charge in [-0.05, 0) is 35.4 Å². The van der Waals surface area contributed by atoms with Gasteiger partial charge in [0.05, 0.1) is 22.1 Å². The van der Waals surface area contributed by atoms with Crippen LogP contribution in [0.4, 0.5) is 0 Å². The van der Waals surface area contributed by atoms with Crippen LogP contribution >= 0.6 is 23.2 Å². The maximum Gasteiger partial charge on any atom is 0.235 e. The molecule has 2 aromatic carbocycles. The van der Waals surface area contributed by atoms with Gasteiger partial charge in [0.1, 0.15) is 6.61 Å². The molecule has 0 aliphatic carbocycles. The lowest BCUT2D eigenvalue weighted by atomic mass is 10.2. The van der Waals surface area contributed by atoms with E-state index in [1.165, 1.54) is 13.2 Å². The van der Waals surface area contributed by atoms with E-state index in [1.54, 1.807) is 30.3 Å². The smallest absolute Gasteiger partial charge is 0.235 e. The van der Waals surface area contributed by atoms with Crippen molar-refractivity contribution >= 4 is 29.3 Å². The SMILES string of the molecule is COc1cc(C=C[N+](=O)[O-])ccc1OCc1ccc(Cl)c(Cl)c1. The van der Waals surface area contributed by atoms with Gasteiger partial charge >= 0.3 is 0 Å². The number of ether oxygens (including phenoxy) is 2. The highest BCUT2D eigenvalue weighted by Gasteiger charge is 2.07. The molecule has 2 rings (SSSR count). The number of methoxy groups -OCH3 is 1. The van der Waals surface area contributed by atoms with Gasteiger partial charge in [-0.15, -0.1) is 0 Å². The van der Waals surface area contributed by atoms with E-state index >= 15 is 0 Å². The van der Waals surface area contributed by atoms with Crippen LogP contribution in [0, 0.1) is 10.1 Å². The zero-order valence-corrected chi connectivity index (χ0v) is 13.7. The average molecular weight is 354 g/mol. The molecular formula is C16H13Cl2NO4. The average Bonchev–Trinajstić information content (AvgIpc) is 2.54. The van der Waals surface area contributed by atoms with Crippen LogP contribution in [0.5, 0.6) is 11.5 Å². The highest BCUT2D eigenvalue weighted by molar-refractivity contribution is 6.42. The number of nitrogens with zero attached hydrogens (tertiary/aromatic N) is 1. The first-order valence-corrected chi connectivity index (χ1v) is 7.31. The molecule has 0 unspecified atom stereocenters. The third kappa shape index (κ3) is 4.87. The molecule has 0 amide bonds. The van der Waals surface area contributed by atoms with Crippen molar-refractivity contribution in [3.05, 3.63) is 73.9 Å². The molecule has 5 nitrogen and oxygen atoms in total. The van der Waals surface area contributed by atoms with E-state index in [4.69, 9.17) is 32.7 Å². The third-order valence-corrected chi connectivity index (χ3v) is 3.69. The van der Waals surface area contributed by atoms with Crippen LogP contribution in [0.3, 0.4) is 0 Å². The van der Waals surface area contributed by atoms with Crippen molar-refractivity contribution in [2.24, 2.45) is 0 Å². The Kier molecular flexibility index (Phi) is 5.84. The summed E-state index contributed by atoms with van der Waals surface area (Å²) in [6, 6.07) is 10.3. The predicted octanol–water partition coefficient (Wildman–Crippen LogP) is 4.83. The topological polar surface area (TPSA) is 61.6 Å². The second-order valence-electron chi connectivity index (χ2n) is 4.55. The maximum atomic E-state index is 10.3. The summed E-state index contributed by atoms with van der Waals surface area (Å²) in [5.74, 6) is 1.01. The zero-order valence-electron chi connectivity index (χ0n) is 12.2. The van der Waals surface area contributed by atoms with Gasteiger partial charge in [-0.3, -0.25) is 10.1 Å². The van der Waals surface area contributed by atoms with Crippen LogP contribution in [0.2, 0.25) is 10.0 Å². The second-order valence-corrected chi connectivity index (χ2v) is 5.36. The van der Waals surface area contributed by atoms with E-state index in [0.29, 0.717) is 27.1 Å². The van der Waals surface area contributed by atoms with Crippen molar-refractivity contribution < 1.29 is 14.4 Å². The lowest BCUT2D eigenvalue weighted by molar-refractivity contribution is -0.400. The van der Waals surface area contributed by atoms with Crippen LogP contribution < -0.4 is 9.47 Å². The van der Waals surface area contributed by atoms with Crippen LogP contribution in [0.1, 0.15) is 11.1 Å². The molecule has 0 radical (unpaired) electrons. The summed E-state index contributed by atoms with van der Waals surface area (Å²) >= 11 is 11.8. The number of nitro groups is 1. The first-order valence-electron chi connectivity index (χ1n) is 6.56. The highest BCUT2D eigenvalue weighted by Crippen LogP contribution is 2.30. The summed E-state index contributed by atoms with van der Waals surface area (Å²) in [6.45, 7) is 0.289. The first-order chi connectivity index (χ1) is 11.0. The Labute approximate surface area is 143 Å². The summed E-state index contributed by atoms with van der Waals surface area (Å²) in [6.07, 6.45) is 2.25. The van der Waals surface area contributed by atoms with Crippen molar-refractivity contribution in [3.8, 4) is 11.5 Å². The molecule has 0 aromatic heterocycles. The fraction of sp³-hybridized carbons (Fsp3) is 0.125. The Hall–Kier alpha value is -2.24. The van der Waals surface area contributed by atoms with Gasteiger partial charge in [-0.25, -0.2) is 0 Å². The Bertz CT molecular complexity index is 747. The lowest BCUT2D eigenvalue weighted by Gasteiger charge is -2.11. The predicted molar refractivity (Wildman–Crippen MR) is 89.8 cm³/mol. The van der Waals surface area contributed by atoms with Crippen molar-refractivity contribution in [2.45, 2.75) is 6.61 Å². The van der Waals surface area contributed by atoms with E-state index in [2.05, 4.69) is 0 Å². The minimum atomic E-state index is -0.527. The van der Waals surface area contributed by atoms with E-state index in [0.717, 1.165) is 11.8 Å². The zero-order chi connectivity index (χ0) is 16.8. The third-order valence-electron chi connectivity index (χ3n) is 2.95. The Morgan fingerprint density at radius 3 is 2.57 bits per heavy atom. The first kappa shape index (κ1) is 17.1. The van der Waals surface area contributed by atoms with Crippen molar-refractivity contribution in [3.63, 3.8) is 0 Å². The van der Waals surface area contributed by atoms with E-state index < -0.39 is 4.92 Å². The van der Waals surface area contributed by atoms with Gasteiger partial charge in [-0.2, -0.15) is 0 Å². The molecule has 0 bridgehead atoms. The Morgan fingerprint density at radius 1 is 1.13 bits per heavy atom. The van der Waals surface area contributed by atoms with E-state index in [1.807, 2.05) is 6.07 Å². The van der Waals surface area contributed by atoms with Crippen LogP contribution in [-0.2, 0) is 6.61 Å². The number of benzene rings is 2. The molecule has 0 heterocycles. The molecule has 2 aromatic rings. The molecule has 7 heteroatoms. The molecule has 0 aliphatic rings. The number of halogens is 2. The highest BCUT2D eigenvalue weighted by atomic mass is 35.5. The molecule has 0 aliphatic heterocycles. The lowest BCUT2D eigenvalue weighted by Crippen LogP contribution is -1.98. The van der Waals surface area contributed by atoms with Crippen LogP contribution in [-0.4, -0.2) is 12.0 Å². The van der Waals surface area contributed by atoms with Gasteiger partial charge < -0.3 is 9.47 Å². The Balaban J connectivity index is 2.12. The van der Waals surface area contributed by atoms with E-state index in [9.17, 15) is 10.1 Å². The standard InChI is InChI=1S/C16H13Cl2NO4/c1-22-16-9-11(6-7-19(20)21)3-5-15(16)23-10-12-2-4-13(17)14(18)8-12/h2-9H,10H2,1H3. The van der Waals surface area contributed by atoms with E-state index in [-0.39, 0.29) is 6.61 Å². The summed E-state index contributed by atoms with van der Waals surface area (Å²) in [4.78, 5) is 9.82. The molecule has 0 fully saturated rings. The molecule has 0 saturated heterocycles. The normalized spacial score (nSPS) is 10.7. The second kappa shape index (κ2) is 7.85. The largest absolute Gasteiger partial charge is 0.493 e. The minimum absolute atomic E-state index is 0.289. The van der Waals surface area contributed by atoms with Crippen LogP contribution in [0.25, 0.3) is 6.08 Å². The molecule has 0 N–H and O–H groups in total. The molecule has 120 valence electrons.